The fraction of sp³-hybridized carbons (Fsp3) is 0. The molecule has 0 unspecified atom stereocenters. The number of rotatable bonds is 0. The average Bonchev–Trinajstić information content (AvgIpc) is 1.69. The van der Waals surface area contributed by atoms with Crippen LogP contribution in [0, 0.1) is 0 Å². The van der Waals surface area contributed by atoms with Crippen molar-refractivity contribution in [1.29, 1.82) is 0 Å². The minimum Gasteiger partial charge on any atom is -0.399 e. The van der Waals surface area contributed by atoms with Crippen molar-refractivity contribution in [2.24, 2.45) is 0 Å². The van der Waals surface area contributed by atoms with Crippen LogP contribution < -0.4 is 5.73 Å². The maximum atomic E-state index is 5.36. The SMILES string of the molecule is Nc1cc[13cH]cc1. The molecule has 0 saturated heterocycles. The van der Waals surface area contributed by atoms with Crippen molar-refractivity contribution in [3.05, 3.63) is 30.3 Å². The lowest BCUT2D eigenvalue weighted by Gasteiger charge is -1.83. The van der Waals surface area contributed by atoms with Crippen molar-refractivity contribution in [3.63, 3.8) is 0 Å². The minimum atomic E-state index is 0.822. The summed E-state index contributed by atoms with van der Waals surface area (Å²) in [6.45, 7) is 0. The van der Waals surface area contributed by atoms with E-state index in [1.807, 2.05) is 30.3 Å². The second kappa shape index (κ2) is 1.65. The second-order valence-corrected chi connectivity index (χ2v) is 1.41. The third-order valence-corrected chi connectivity index (χ3v) is 0.800. The van der Waals surface area contributed by atoms with Gasteiger partial charge < -0.3 is 5.73 Å². The summed E-state index contributed by atoms with van der Waals surface area (Å²) >= 11 is 0. The first-order chi connectivity index (χ1) is 3.39. The van der Waals surface area contributed by atoms with E-state index in [9.17, 15) is 0 Å². The molecule has 0 saturated carbocycles. The van der Waals surface area contributed by atoms with E-state index in [-0.39, 0.29) is 0 Å². The molecule has 0 radical (unpaired) electrons. The molecule has 0 atom stereocenters. The van der Waals surface area contributed by atoms with Gasteiger partial charge >= 0.3 is 0 Å². The minimum absolute atomic E-state index is 0.822. The average molecular weight is 94.1 g/mol. The van der Waals surface area contributed by atoms with Crippen molar-refractivity contribution in [3.8, 4) is 0 Å². The summed E-state index contributed by atoms with van der Waals surface area (Å²) in [5, 5.41) is 0. The van der Waals surface area contributed by atoms with Crippen LogP contribution in [0.1, 0.15) is 0 Å². The summed E-state index contributed by atoms with van der Waals surface area (Å²) < 4.78 is 0. The maximum absolute atomic E-state index is 5.36. The van der Waals surface area contributed by atoms with Crippen LogP contribution in [0.25, 0.3) is 0 Å². The zero-order valence-electron chi connectivity index (χ0n) is 3.96. The van der Waals surface area contributed by atoms with E-state index in [4.69, 9.17) is 5.73 Å². The molecule has 0 aliphatic carbocycles. The van der Waals surface area contributed by atoms with Gasteiger partial charge in [-0.1, -0.05) is 18.2 Å². The van der Waals surface area contributed by atoms with Crippen LogP contribution in [0.4, 0.5) is 5.69 Å². The Bertz CT molecular complexity index is 134. The topological polar surface area (TPSA) is 26.0 Å². The highest BCUT2D eigenvalue weighted by Crippen LogP contribution is 1.95. The molecule has 0 bridgehead atoms. The molecule has 1 aromatic rings. The molecule has 1 aromatic carbocycles. The first-order valence-corrected chi connectivity index (χ1v) is 2.20. The molecule has 2 N–H and O–H groups in total. The predicted octanol–water partition coefficient (Wildman–Crippen LogP) is 1.27. The Kier molecular flexibility index (Phi) is 0.984. The fourth-order valence-electron chi connectivity index (χ4n) is 0.453. The van der Waals surface area contributed by atoms with E-state index in [1.54, 1.807) is 0 Å². The van der Waals surface area contributed by atoms with Gasteiger partial charge in [0, 0.05) is 5.69 Å². The zero-order chi connectivity index (χ0) is 5.11. The van der Waals surface area contributed by atoms with E-state index in [0.717, 1.165) is 5.69 Å². The highest BCUT2D eigenvalue weighted by atomic mass is 14.5. The Balaban J connectivity index is 3.02. The summed E-state index contributed by atoms with van der Waals surface area (Å²) in [7, 11) is 0. The summed E-state index contributed by atoms with van der Waals surface area (Å²) in [6.07, 6.45) is 0. The summed E-state index contributed by atoms with van der Waals surface area (Å²) in [5.41, 5.74) is 6.18. The molecular weight excluding hydrogens is 87.1 g/mol. The Morgan fingerprint density at radius 1 is 1.00 bits per heavy atom. The molecule has 0 aliphatic heterocycles. The van der Waals surface area contributed by atoms with Gasteiger partial charge in [0.1, 0.15) is 0 Å². The molecule has 0 fully saturated rings. The number of hydrogen-bond donors (Lipinski definition) is 1. The van der Waals surface area contributed by atoms with Crippen LogP contribution in [0.2, 0.25) is 0 Å². The van der Waals surface area contributed by atoms with Crippen LogP contribution in [-0.4, -0.2) is 0 Å². The molecule has 0 heterocycles. The van der Waals surface area contributed by atoms with Gasteiger partial charge in [-0.15, -0.1) is 0 Å². The van der Waals surface area contributed by atoms with E-state index >= 15 is 0 Å². The Morgan fingerprint density at radius 2 is 1.57 bits per heavy atom. The third-order valence-electron chi connectivity index (χ3n) is 0.800. The Labute approximate surface area is 42.8 Å². The molecule has 0 aromatic heterocycles. The first-order valence-electron chi connectivity index (χ1n) is 2.20. The zero-order valence-corrected chi connectivity index (χ0v) is 3.96. The lowest BCUT2D eigenvalue weighted by atomic mass is 10.4. The lowest BCUT2D eigenvalue weighted by Crippen LogP contribution is -1.79. The summed E-state index contributed by atoms with van der Waals surface area (Å²) in [5.74, 6) is 0. The van der Waals surface area contributed by atoms with Crippen LogP contribution >= 0.6 is 0 Å². The predicted molar refractivity (Wildman–Crippen MR) is 30.9 cm³/mol. The van der Waals surface area contributed by atoms with E-state index in [2.05, 4.69) is 0 Å². The molecule has 1 heteroatoms. The molecule has 0 amide bonds. The molecule has 7 heavy (non-hydrogen) atoms. The highest BCUT2D eigenvalue weighted by Gasteiger charge is 1.72. The number of benzene rings is 1. The van der Waals surface area contributed by atoms with Crippen molar-refractivity contribution >= 4 is 5.69 Å². The van der Waals surface area contributed by atoms with Gasteiger partial charge in [-0.25, -0.2) is 0 Å². The number of para-hydroxylation sites is 1. The third kappa shape index (κ3) is 0.929. The standard InChI is InChI=1S/C6H7N/c7-6-4-2-1-3-5-6/h1-5H,7H2/i1+1. The number of nitrogen functional groups attached to an aromatic ring is 1. The highest BCUT2D eigenvalue weighted by molar-refractivity contribution is 5.35. The quantitative estimate of drug-likeness (QED) is 0.481. The molecule has 0 spiro atoms. The largest absolute Gasteiger partial charge is 0.399 e. The first kappa shape index (κ1) is 4.19. The van der Waals surface area contributed by atoms with Crippen molar-refractivity contribution < 1.29 is 0 Å². The van der Waals surface area contributed by atoms with Crippen molar-refractivity contribution in [2.45, 2.75) is 0 Å². The molecule has 1 rings (SSSR count). The van der Waals surface area contributed by atoms with Gasteiger partial charge in [0.05, 0.1) is 0 Å². The van der Waals surface area contributed by atoms with Crippen LogP contribution in [0.15, 0.2) is 30.3 Å². The number of anilines is 1. The van der Waals surface area contributed by atoms with Gasteiger partial charge in [-0.05, 0) is 12.1 Å². The van der Waals surface area contributed by atoms with Gasteiger partial charge in [0.15, 0.2) is 0 Å². The lowest BCUT2D eigenvalue weighted by molar-refractivity contribution is 1.69. The number of nitrogens with two attached hydrogens (primary N) is 1. The maximum Gasteiger partial charge on any atom is 0.0313 e. The van der Waals surface area contributed by atoms with Gasteiger partial charge in [-0.2, -0.15) is 0 Å². The van der Waals surface area contributed by atoms with E-state index < -0.39 is 0 Å². The molecule has 0 aliphatic rings. The molecule has 1 nitrogen and oxygen atoms in total. The van der Waals surface area contributed by atoms with E-state index in [1.165, 1.54) is 0 Å². The van der Waals surface area contributed by atoms with Crippen LogP contribution in [0.5, 0.6) is 0 Å². The van der Waals surface area contributed by atoms with Gasteiger partial charge in [-0.3, -0.25) is 0 Å². The van der Waals surface area contributed by atoms with Gasteiger partial charge in [0.2, 0.25) is 0 Å². The summed E-state index contributed by atoms with van der Waals surface area (Å²) in [4.78, 5) is 0. The van der Waals surface area contributed by atoms with Crippen molar-refractivity contribution in [2.75, 3.05) is 5.73 Å². The monoisotopic (exact) mass is 94.1 g/mol. The Hall–Kier alpha value is -0.980. The van der Waals surface area contributed by atoms with Crippen LogP contribution in [-0.2, 0) is 0 Å². The molecular formula is C6H7N. The normalized spacial score (nSPS) is 8.57. The number of hydrogen-bond acceptors (Lipinski definition) is 1. The van der Waals surface area contributed by atoms with Crippen molar-refractivity contribution in [1.82, 2.24) is 0 Å². The van der Waals surface area contributed by atoms with E-state index in [0.29, 0.717) is 0 Å². The molecule has 36 valence electrons. The summed E-state index contributed by atoms with van der Waals surface area (Å²) in [6, 6.07) is 9.49. The smallest absolute Gasteiger partial charge is 0.0313 e. The van der Waals surface area contributed by atoms with Crippen LogP contribution in [0.3, 0.4) is 0 Å². The second-order valence-electron chi connectivity index (χ2n) is 1.41. The Morgan fingerprint density at radius 3 is 1.86 bits per heavy atom. The fourth-order valence-corrected chi connectivity index (χ4v) is 0.453. The van der Waals surface area contributed by atoms with Gasteiger partial charge in [0.25, 0.3) is 0 Å².